The Morgan fingerprint density at radius 1 is 1.26 bits per heavy atom. The second-order valence-electron chi connectivity index (χ2n) is 3.58. The molecule has 1 aromatic carbocycles. The molecule has 1 N–H and O–H groups in total. The highest BCUT2D eigenvalue weighted by Crippen LogP contribution is 2.40. The van der Waals surface area contributed by atoms with E-state index in [1.54, 1.807) is 5.32 Å². The summed E-state index contributed by atoms with van der Waals surface area (Å²) in [5, 5.41) is 1.66. The first-order valence-electron chi connectivity index (χ1n) is 4.76. The van der Waals surface area contributed by atoms with Gasteiger partial charge in [-0.2, -0.15) is 22.0 Å². The smallest absolute Gasteiger partial charge is 0.422 e. The predicted molar refractivity (Wildman–Crippen MR) is 51.0 cm³/mol. The summed E-state index contributed by atoms with van der Waals surface area (Å²) in [5.41, 5.74) is -1.52. The molecule has 1 aromatic rings. The summed E-state index contributed by atoms with van der Waals surface area (Å²) in [4.78, 5) is 21.9. The van der Waals surface area contributed by atoms with Crippen molar-refractivity contribution in [3.05, 3.63) is 23.8 Å². The van der Waals surface area contributed by atoms with Crippen molar-refractivity contribution in [3.8, 4) is 5.75 Å². The molecule has 1 amide bonds. The number of carbonyl (C=O) groups excluding carboxylic acids is 2. The molecule has 0 aliphatic carbocycles. The van der Waals surface area contributed by atoms with Crippen molar-refractivity contribution in [2.75, 3.05) is 5.32 Å². The van der Waals surface area contributed by atoms with Crippen LogP contribution in [0.15, 0.2) is 18.2 Å². The van der Waals surface area contributed by atoms with E-state index >= 15 is 0 Å². The number of Topliss-reactive ketones (excluding diaryl/α,β-unsaturated/α-hetero) is 1. The maximum atomic E-state index is 13.0. The van der Waals surface area contributed by atoms with Gasteiger partial charge in [0, 0.05) is 0 Å². The largest absolute Gasteiger partial charge is 0.482 e. The molecule has 19 heavy (non-hydrogen) atoms. The minimum absolute atomic E-state index is 0.425. The fourth-order valence-electron chi connectivity index (χ4n) is 1.45. The first kappa shape index (κ1) is 13.2. The Labute approximate surface area is 102 Å². The van der Waals surface area contributed by atoms with Gasteiger partial charge in [-0.05, 0) is 12.1 Å². The van der Waals surface area contributed by atoms with Gasteiger partial charge in [-0.15, -0.1) is 0 Å². The van der Waals surface area contributed by atoms with Crippen molar-refractivity contribution in [1.82, 2.24) is 0 Å². The van der Waals surface area contributed by atoms with Gasteiger partial charge in [0.25, 0.3) is 5.78 Å². The van der Waals surface area contributed by atoms with Gasteiger partial charge in [0.2, 0.25) is 0 Å². The lowest BCUT2D eigenvalue weighted by Gasteiger charge is -2.26. The topological polar surface area (TPSA) is 55.4 Å². The van der Waals surface area contributed by atoms with Crippen LogP contribution in [0.2, 0.25) is 0 Å². The fraction of sp³-hybridized carbons (Fsp3) is 0.200. The van der Waals surface area contributed by atoms with Gasteiger partial charge < -0.3 is 10.1 Å². The van der Waals surface area contributed by atoms with E-state index in [0.717, 1.165) is 12.1 Å². The van der Waals surface area contributed by atoms with Gasteiger partial charge in [-0.1, -0.05) is 6.07 Å². The summed E-state index contributed by atoms with van der Waals surface area (Å²) in [6, 6.07) is 2.72. The van der Waals surface area contributed by atoms with Crippen molar-refractivity contribution in [2.24, 2.45) is 0 Å². The number of hydrogen-bond acceptors (Lipinski definition) is 3. The second-order valence-corrected chi connectivity index (χ2v) is 3.58. The molecule has 2 rings (SSSR count). The van der Waals surface area contributed by atoms with Gasteiger partial charge in [0.15, 0.2) is 5.75 Å². The maximum absolute atomic E-state index is 13.0. The van der Waals surface area contributed by atoms with E-state index in [4.69, 9.17) is 0 Å². The quantitative estimate of drug-likeness (QED) is 0.635. The summed E-state index contributed by atoms with van der Waals surface area (Å²) >= 11 is 0. The molecule has 1 heterocycles. The number of hydrogen-bond donors (Lipinski definition) is 1. The van der Waals surface area contributed by atoms with Crippen LogP contribution in [0, 0.1) is 0 Å². The van der Waals surface area contributed by atoms with Crippen molar-refractivity contribution < 1.29 is 36.3 Å². The molecule has 4 nitrogen and oxygen atoms in total. The molecule has 1 aliphatic rings. The van der Waals surface area contributed by atoms with Crippen LogP contribution in [0.3, 0.4) is 0 Å². The van der Waals surface area contributed by atoms with Gasteiger partial charge in [0.05, 0.1) is 11.3 Å². The molecule has 0 aromatic heterocycles. The summed E-state index contributed by atoms with van der Waals surface area (Å²) in [7, 11) is 0. The lowest BCUT2D eigenvalue weighted by atomic mass is 10.1. The molecule has 0 unspecified atom stereocenters. The van der Waals surface area contributed by atoms with E-state index in [1.807, 2.05) is 0 Å². The van der Waals surface area contributed by atoms with Crippen LogP contribution in [0.4, 0.5) is 27.6 Å². The minimum atomic E-state index is -5.24. The molecule has 102 valence electrons. The Hall–Kier alpha value is -2.19. The fourth-order valence-corrected chi connectivity index (χ4v) is 1.45. The number of rotatable bonds is 1. The van der Waals surface area contributed by atoms with E-state index in [2.05, 4.69) is 4.74 Å². The average Bonchev–Trinajstić information content (AvgIpc) is 2.27. The molecule has 0 bridgehead atoms. The van der Waals surface area contributed by atoms with E-state index in [9.17, 15) is 31.5 Å². The molecule has 9 heteroatoms. The lowest BCUT2D eigenvalue weighted by molar-refractivity contribution is -0.189. The first-order chi connectivity index (χ1) is 8.63. The first-order valence-corrected chi connectivity index (χ1v) is 4.76. The highest BCUT2D eigenvalue weighted by Gasteiger charge is 2.49. The number of alkyl halides is 5. The van der Waals surface area contributed by atoms with E-state index in [-0.39, 0.29) is 0 Å². The number of benzene rings is 1. The Morgan fingerprint density at radius 2 is 1.89 bits per heavy atom. The molecule has 0 saturated carbocycles. The molecule has 0 fully saturated rings. The highest BCUT2D eigenvalue weighted by molar-refractivity contribution is 6.07. The zero-order valence-corrected chi connectivity index (χ0v) is 8.85. The van der Waals surface area contributed by atoms with Crippen LogP contribution < -0.4 is 10.1 Å². The minimum Gasteiger partial charge on any atom is -0.422 e. The number of para-hydroxylation sites is 1. The summed E-state index contributed by atoms with van der Waals surface area (Å²) < 4.78 is 66.8. The third-order valence-electron chi connectivity index (χ3n) is 2.26. The third kappa shape index (κ3) is 2.23. The van der Waals surface area contributed by atoms with E-state index in [0.29, 0.717) is 6.07 Å². The standard InChI is InChI=1S/C10H4F5NO3/c11-9(12,13)7(17)4-2-1-3-5-6(4)19-10(14,15)8(18)16-5/h1-3H,(H,16,18). The Kier molecular flexibility index (Phi) is 2.72. The zero-order valence-electron chi connectivity index (χ0n) is 8.85. The van der Waals surface area contributed by atoms with Gasteiger partial charge >= 0.3 is 18.2 Å². The number of ether oxygens (including phenoxy) is 1. The molecule has 0 atom stereocenters. The van der Waals surface area contributed by atoms with Crippen LogP contribution in [-0.2, 0) is 4.79 Å². The molecule has 0 radical (unpaired) electrons. The number of halogens is 5. The Balaban J connectivity index is 2.54. The number of carbonyl (C=O) groups is 2. The normalized spacial score (nSPS) is 17.2. The van der Waals surface area contributed by atoms with E-state index in [1.165, 1.54) is 0 Å². The molecule has 1 aliphatic heterocycles. The molecule has 0 saturated heterocycles. The van der Waals surface area contributed by atoms with E-state index < -0.39 is 41.0 Å². The molecular weight excluding hydrogens is 277 g/mol. The van der Waals surface area contributed by atoms with Crippen molar-refractivity contribution in [3.63, 3.8) is 0 Å². The van der Waals surface area contributed by atoms with Crippen LogP contribution in [0.25, 0.3) is 0 Å². The van der Waals surface area contributed by atoms with Gasteiger partial charge in [0.1, 0.15) is 0 Å². The predicted octanol–water partition coefficient (Wildman–Crippen LogP) is 2.36. The van der Waals surface area contributed by atoms with Crippen molar-refractivity contribution in [1.29, 1.82) is 0 Å². The second kappa shape index (κ2) is 3.90. The lowest BCUT2D eigenvalue weighted by Crippen LogP contribution is -2.44. The van der Waals surface area contributed by atoms with Crippen molar-refractivity contribution in [2.45, 2.75) is 12.3 Å². The number of anilines is 1. The maximum Gasteiger partial charge on any atom is 0.482 e. The van der Waals surface area contributed by atoms with Crippen LogP contribution in [0.1, 0.15) is 10.4 Å². The number of fused-ring (bicyclic) bond motifs is 1. The Morgan fingerprint density at radius 3 is 2.47 bits per heavy atom. The van der Waals surface area contributed by atoms with Crippen LogP contribution >= 0.6 is 0 Å². The Bertz CT molecular complexity index is 567. The van der Waals surface area contributed by atoms with Crippen LogP contribution in [-0.4, -0.2) is 24.0 Å². The van der Waals surface area contributed by atoms with Gasteiger partial charge in [-0.3, -0.25) is 9.59 Å². The summed E-state index contributed by atoms with van der Waals surface area (Å²) in [6.45, 7) is 0. The molecular formula is C10H4F5NO3. The number of ketones is 1. The SMILES string of the molecule is O=C(c1cccc2c1OC(F)(F)C(=O)N2)C(F)(F)F. The number of nitrogens with one attached hydrogen (secondary N) is 1. The summed E-state index contributed by atoms with van der Waals surface area (Å²) in [6.07, 6.45) is -9.58. The average molecular weight is 281 g/mol. The molecule has 0 spiro atoms. The van der Waals surface area contributed by atoms with Gasteiger partial charge in [-0.25, -0.2) is 0 Å². The highest BCUT2D eigenvalue weighted by atomic mass is 19.4. The third-order valence-corrected chi connectivity index (χ3v) is 2.26. The zero-order chi connectivity index (χ0) is 14.4. The van der Waals surface area contributed by atoms with Crippen molar-refractivity contribution >= 4 is 17.4 Å². The monoisotopic (exact) mass is 281 g/mol. The number of amides is 1. The van der Waals surface area contributed by atoms with Crippen LogP contribution in [0.5, 0.6) is 5.75 Å². The summed E-state index contributed by atoms with van der Waals surface area (Å²) in [5.74, 6) is -5.16.